The average Bonchev–Trinajstić information content (AvgIpc) is 3.41. The van der Waals surface area contributed by atoms with Gasteiger partial charge in [-0.05, 0) is 48.7 Å². The van der Waals surface area contributed by atoms with Crippen LogP contribution in [0.5, 0.6) is 5.75 Å². The van der Waals surface area contributed by atoms with Gasteiger partial charge in [0.25, 0.3) is 5.91 Å². The van der Waals surface area contributed by atoms with Crippen LogP contribution in [-0.4, -0.2) is 22.5 Å². The maximum absolute atomic E-state index is 13.1. The minimum atomic E-state index is -0.138. The van der Waals surface area contributed by atoms with Gasteiger partial charge >= 0.3 is 0 Å². The van der Waals surface area contributed by atoms with Crippen LogP contribution in [0, 0.1) is 0 Å². The number of anilines is 1. The number of thiazole rings is 1. The van der Waals surface area contributed by atoms with Gasteiger partial charge in [-0.3, -0.25) is 14.7 Å². The minimum Gasteiger partial charge on any atom is -0.492 e. The summed E-state index contributed by atoms with van der Waals surface area (Å²) in [6.45, 7) is 2.85. The van der Waals surface area contributed by atoms with E-state index in [1.54, 1.807) is 28.5 Å². The lowest BCUT2D eigenvalue weighted by molar-refractivity contribution is -0.114. The molecule has 0 aliphatic rings. The lowest BCUT2D eigenvalue weighted by atomic mass is 10.3. The summed E-state index contributed by atoms with van der Waals surface area (Å²) in [5.74, 6) is 0.591. The zero-order valence-electron chi connectivity index (χ0n) is 15.8. The largest absolute Gasteiger partial charge is 0.492 e. The predicted molar refractivity (Wildman–Crippen MR) is 120 cm³/mol. The summed E-state index contributed by atoms with van der Waals surface area (Å²) < 4.78 is 6.68. The number of hydrogen-bond acceptors (Lipinski definition) is 6. The van der Waals surface area contributed by atoms with Crippen molar-refractivity contribution in [2.45, 2.75) is 13.5 Å². The Morgan fingerprint density at radius 1 is 1.17 bits per heavy atom. The van der Waals surface area contributed by atoms with E-state index in [-0.39, 0.29) is 5.91 Å². The van der Waals surface area contributed by atoms with Crippen LogP contribution < -0.4 is 9.64 Å². The average molecular weight is 422 g/mol. The molecule has 4 rings (SSSR count). The number of fused-ring (bicyclic) bond motifs is 1. The van der Waals surface area contributed by atoms with Crippen molar-refractivity contribution in [1.29, 1.82) is 0 Å². The number of carbonyl (C=O) groups is 1. The van der Waals surface area contributed by atoms with E-state index in [1.165, 1.54) is 11.3 Å². The maximum atomic E-state index is 13.1. The van der Waals surface area contributed by atoms with Crippen molar-refractivity contribution in [1.82, 2.24) is 9.97 Å². The van der Waals surface area contributed by atoms with Crippen LogP contribution in [0.4, 0.5) is 5.13 Å². The van der Waals surface area contributed by atoms with Crippen LogP contribution in [-0.2, 0) is 11.3 Å². The molecular formula is C22H19N3O2S2. The molecule has 0 bridgehead atoms. The summed E-state index contributed by atoms with van der Waals surface area (Å²) in [5, 5.41) is 2.61. The molecule has 3 aromatic heterocycles. The van der Waals surface area contributed by atoms with Gasteiger partial charge in [-0.2, -0.15) is 0 Å². The van der Waals surface area contributed by atoms with Crippen LogP contribution >= 0.6 is 22.7 Å². The molecule has 0 N–H and O–H groups in total. The molecular weight excluding hydrogens is 402 g/mol. The van der Waals surface area contributed by atoms with Crippen molar-refractivity contribution in [2.75, 3.05) is 11.5 Å². The Morgan fingerprint density at radius 2 is 2.10 bits per heavy atom. The molecule has 4 aromatic rings. The van der Waals surface area contributed by atoms with Gasteiger partial charge < -0.3 is 4.74 Å². The van der Waals surface area contributed by atoms with E-state index >= 15 is 0 Å². The number of rotatable bonds is 7. The van der Waals surface area contributed by atoms with E-state index in [9.17, 15) is 4.79 Å². The Kier molecular flexibility index (Phi) is 5.97. The van der Waals surface area contributed by atoms with Crippen molar-refractivity contribution < 1.29 is 9.53 Å². The number of amides is 1. The van der Waals surface area contributed by atoms with Crippen molar-refractivity contribution in [3.8, 4) is 5.75 Å². The van der Waals surface area contributed by atoms with Gasteiger partial charge in [0.2, 0.25) is 0 Å². The van der Waals surface area contributed by atoms with E-state index in [1.807, 2.05) is 66.9 Å². The van der Waals surface area contributed by atoms with Gasteiger partial charge in [-0.25, -0.2) is 4.98 Å². The second-order valence-corrected chi connectivity index (χ2v) is 8.11. The van der Waals surface area contributed by atoms with E-state index in [2.05, 4.69) is 4.98 Å². The first-order chi connectivity index (χ1) is 14.2. The normalized spacial score (nSPS) is 11.2. The summed E-state index contributed by atoms with van der Waals surface area (Å²) in [6.07, 6.45) is 5.15. The van der Waals surface area contributed by atoms with Gasteiger partial charge in [0, 0.05) is 17.2 Å². The summed E-state index contributed by atoms with van der Waals surface area (Å²) in [7, 11) is 0. The molecule has 0 saturated carbocycles. The lowest BCUT2D eigenvalue weighted by Crippen LogP contribution is -2.29. The highest BCUT2D eigenvalue weighted by atomic mass is 32.1. The highest BCUT2D eigenvalue weighted by Crippen LogP contribution is 2.35. The van der Waals surface area contributed by atoms with Crippen LogP contribution in [0.25, 0.3) is 16.3 Å². The van der Waals surface area contributed by atoms with Crippen LogP contribution in [0.3, 0.4) is 0 Å². The Hall–Kier alpha value is -3.03. The summed E-state index contributed by atoms with van der Waals surface area (Å²) >= 11 is 3.06. The van der Waals surface area contributed by atoms with E-state index < -0.39 is 0 Å². The van der Waals surface area contributed by atoms with Crippen LogP contribution in [0.15, 0.2) is 66.2 Å². The molecule has 29 heavy (non-hydrogen) atoms. The van der Waals surface area contributed by atoms with Crippen molar-refractivity contribution in [2.24, 2.45) is 0 Å². The number of pyridine rings is 1. The molecule has 0 atom stereocenters. The van der Waals surface area contributed by atoms with E-state index in [0.717, 1.165) is 26.5 Å². The van der Waals surface area contributed by atoms with Gasteiger partial charge in [-0.1, -0.05) is 29.5 Å². The third-order valence-electron chi connectivity index (χ3n) is 4.15. The highest BCUT2D eigenvalue weighted by Gasteiger charge is 2.20. The molecule has 0 fully saturated rings. The van der Waals surface area contributed by atoms with Gasteiger partial charge in [0.05, 0.1) is 23.5 Å². The standard InChI is InChI=1S/C22H19N3O2S2/c1-2-27-18-9-5-10-19-21(18)24-22(29-19)25(15-16-7-3-4-13-23-16)20(26)12-11-17-8-6-14-28-17/h3-14H,2,15H2,1H3/b12-11+. The Bertz CT molecular complexity index is 1120. The molecule has 146 valence electrons. The Morgan fingerprint density at radius 3 is 2.86 bits per heavy atom. The molecule has 0 saturated heterocycles. The zero-order valence-corrected chi connectivity index (χ0v) is 17.5. The number of aromatic nitrogens is 2. The highest BCUT2D eigenvalue weighted by molar-refractivity contribution is 7.22. The van der Waals surface area contributed by atoms with E-state index in [4.69, 9.17) is 9.72 Å². The summed E-state index contributed by atoms with van der Waals surface area (Å²) in [4.78, 5) is 24.9. The van der Waals surface area contributed by atoms with Crippen molar-refractivity contribution in [3.05, 3.63) is 76.8 Å². The first-order valence-electron chi connectivity index (χ1n) is 9.20. The number of para-hydroxylation sites is 1. The van der Waals surface area contributed by atoms with Gasteiger partial charge in [-0.15, -0.1) is 11.3 Å². The Balaban J connectivity index is 1.70. The molecule has 0 unspecified atom stereocenters. The molecule has 0 aliphatic carbocycles. The molecule has 3 heterocycles. The predicted octanol–water partition coefficient (Wildman–Crippen LogP) is 5.40. The van der Waals surface area contributed by atoms with Crippen LogP contribution in [0.2, 0.25) is 0 Å². The molecule has 0 spiro atoms. The number of hydrogen-bond donors (Lipinski definition) is 0. The number of thiophene rings is 1. The molecule has 7 heteroatoms. The number of ether oxygens (including phenoxy) is 1. The quantitative estimate of drug-likeness (QED) is 0.375. The molecule has 1 aromatic carbocycles. The minimum absolute atomic E-state index is 0.138. The van der Waals surface area contributed by atoms with Gasteiger partial charge in [0.1, 0.15) is 11.3 Å². The van der Waals surface area contributed by atoms with E-state index in [0.29, 0.717) is 18.3 Å². The monoisotopic (exact) mass is 421 g/mol. The number of nitrogens with zero attached hydrogens (tertiary/aromatic N) is 3. The smallest absolute Gasteiger partial charge is 0.253 e. The van der Waals surface area contributed by atoms with Crippen LogP contribution in [0.1, 0.15) is 17.5 Å². The summed E-state index contributed by atoms with van der Waals surface area (Å²) in [5.41, 5.74) is 1.57. The fourth-order valence-electron chi connectivity index (χ4n) is 2.82. The fraction of sp³-hybridized carbons (Fsp3) is 0.136. The van der Waals surface area contributed by atoms with Gasteiger partial charge in [0.15, 0.2) is 5.13 Å². The molecule has 0 radical (unpaired) electrons. The first kappa shape index (κ1) is 19.3. The molecule has 0 aliphatic heterocycles. The first-order valence-corrected chi connectivity index (χ1v) is 10.9. The number of benzene rings is 1. The molecule has 1 amide bonds. The zero-order chi connectivity index (χ0) is 20.1. The number of carbonyl (C=O) groups excluding carboxylic acids is 1. The fourth-order valence-corrected chi connectivity index (χ4v) is 4.43. The second-order valence-electron chi connectivity index (χ2n) is 6.13. The Labute approximate surface area is 176 Å². The SMILES string of the molecule is CCOc1cccc2sc(N(Cc3ccccn3)C(=O)/C=C/c3cccs3)nc12. The lowest BCUT2D eigenvalue weighted by Gasteiger charge is -2.17. The summed E-state index contributed by atoms with van der Waals surface area (Å²) in [6, 6.07) is 15.4. The topological polar surface area (TPSA) is 55.3 Å². The van der Waals surface area contributed by atoms with Crippen molar-refractivity contribution in [3.63, 3.8) is 0 Å². The second kappa shape index (κ2) is 8.98. The molecule has 5 nitrogen and oxygen atoms in total. The van der Waals surface area contributed by atoms with Crippen molar-refractivity contribution >= 4 is 50.0 Å². The third kappa shape index (κ3) is 4.52. The maximum Gasteiger partial charge on any atom is 0.253 e. The third-order valence-corrected chi connectivity index (χ3v) is 6.03.